The van der Waals surface area contributed by atoms with E-state index in [0.29, 0.717) is 18.3 Å². The van der Waals surface area contributed by atoms with Crippen LogP contribution in [-0.2, 0) is 4.79 Å². The molecule has 2 N–H and O–H groups in total. The largest absolute Gasteiger partial charge is 0.369 e. The fourth-order valence-corrected chi connectivity index (χ4v) is 3.95. The summed E-state index contributed by atoms with van der Waals surface area (Å²) in [6.45, 7) is 8.63. The van der Waals surface area contributed by atoms with E-state index < -0.39 is 0 Å². The number of pyridine rings is 1. The molecule has 5 nitrogen and oxygen atoms in total. The van der Waals surface area contributed by atoms with Crippen LogP contribution in [0.5, 0.6) is 0 Å². The Morgan fingerprint density at radius 2 is 2.04 bits per heavy atom. The molecular formula is C19H28N4O. The summed E-state index contributed by atoms with van der Waals surface area (Å²) < 4.78 is 0. The SMILES string of the molecule is CCC1(CC)CC(=O)N([C@@H](c2cccnc2)C2CC2(C)C)C(N)=N1. The average Bonchev–Trinajstić information content (AvgIpc) is 3.19. The molecule has 24 heavy (non-hydrogen) atoms. The Hall–Kier alpha value is -1.91. The van der Waals surface area contributed by atoms with Crippen LogP contribution in [-0.4, -0.2) is 27.3 Å². The first-order valence-corrected chi connectivity index (χ1v) is 8.91. The average molecular weight is 328 g/mol. The maximum absolute atomic E-state index is 13.0. The number of nitrogens with two attached hydrogens (primary N) is 1. The van der Waals surface area contributed by atoms with E-state index >= 15 is 0 Å². The molecule has 130 valence electrons. The van der Waals surface area contributed by atoms with Gasteiger partial charge < -0.3 is 5.73 Å². The van der Waals surface area contributed by atoms with Crippen molar-refractivity contribution >= 4 is 11.9 Å². The number of aromatic nitrogens is 1. The molecule has 0 saturated heterocycles. The van der Waals surface area contributed by atoms with E-state index in [0.717, 1.165) is 24.8 Å². The Labute approximate surface area is 144 Å². The zero-order valence-corrected chi connectivity index (χ0v) is 15.1. The molecule has 1 aliphatic heterocycles. The molecule has 3 rings (SSSR count). The van der Waals surface area contributed by atoms with E-state index in [4.69, 9.17) is 10.7 Å². The van der Waals surface area contributed by atoms with E-state index in [-0.39, 0.29) is 22.9 Å². The summed E-state index contributed by atoms with van der Waals surface area (Å²) in [5, 5.41) is 0. The van der Waals surface area contributed by atoms with Crippen molar-refractivity contribution in [1.82, 2.24) is 9.88 Å². The number of carbonyl (C=O) groups excluding carboxylic acids is 1. The van der Waals surface area contributed by atoms with Crippen molar-refractivity contribution in [3.05, 3.63) is 30.1 Å². The third-order valence-corrected chi connectivity index (χ3v) is 5.94. The van der Waals surface area contributed by atoms with Gasteiger partial charge in [0, 0.05) is 12.4 Å². The maximum atomic E-state index is 13.0. The molecule has 5 heteroatoms. The van der Waals surface area contributed by atoms with Gasteiger partial charge in [-0.05, 0) is 42.2 Å². The Kier molecular flexibility index (Phi) is 4.14. The number of guanidine groups is 1. The molecule has 1 unspecified atom stereocenters. The summed E-state index contributed by atoms with van der Waals surface area (Å²) in [5.41, 5.74) is 7.24. The molecule has 1 fully saturated rings. The lowest BCUT2D eigenvalue weighted by atomic mass is 9.86. The molecule has 1 aromatic rings. The number of nitrogens with zero attached hydrogens (tertiary/aromatic N) is 3. The van der Waals surface area contributed by atoms with Crippen molar-refractivity contribution in [3.8, 4) is 0 Å². The first-order chi connectivity index (χ1) is 11.3. The van der Waals surface area contributed by atoms with Gasteiger partial charge in [0.2, 0.25) is 5.91 Å². The summed E-state index contributed by atoms with van der Waals surface area (Å²) in [7, 11) is 0. The third-order valence-electron chi connectivity index (χ3n) is 5.94. The van der Waals surface area contributed by atoms with Crippen LogP contribution in [0.2, 0.25) is 0 Å². The van der Waals surface area contributed by atoms with Crippen molar-refractivity contribution in [1.29, 1.82) is 0 Å². The normalized spacial score (nSPS) is 26.0. The van der Waals surface area contributed by atoms with E-state index in [1.807, 2.05) is 18.3 Å². The minimum atomic E-state index is -0.337. The predicted molar refractivity (Wildman–Crippen MR) is 95.3 cm³/mol. The topological polar surface area (TPSA) is 71.6 Å². The lowest BCUT2D eigenvalue weighted by molar-refractivity contribution is -0.132. The number of hydrogen-bond acceptors (Lipinski definition) is 4. The lowest BCUT2D eigenvalue weighted by Gasteiger charge is -2.40. The number of amides is 1. The fourth-order valence-electron chi connectivity index (χ4n) is 3.95. The van der Waals surface area contributed by atoms with Gasteiger partial charge in [0.1, 0.15) is 0 Å². The highest BCUT2D eigenvalue weighted by atomic mass is 16.2. The van der Waals surface area contributed by atoms with Crippen molar-refractivity contribution in [2.75, 3.05) is 0 Å². The second-order valence-corrected chi connectivity index (χ2v) is 7.87. The molecule has 2 aliphatic rings. The zero-order valence-electron chi connectivity index (χ0n) is 15.1. The summed E-state index contributed by atoms with van der Waals surface area (Å²) in [4.78, 5) is 23.8. The number of carbonyl (C=O) groups is 1. The molecule has 0 radical (unpaired) electrons. The van der Waals surface area contributed by atoms with Crippen molar-refractivity contribution in [2.45, 2.75) is 65.0 Å². The Morgan fingerprint density at radius 1 is 1.38 bits per heavy atom. The molecular weight excluding hydrogens is 300 g/mol. The Morgan fingerprint density at radius 3 is 2.50 bits per heavy atom. The van der Waals surface area contributed by atoms with Crippen LogP contribution in [0, 0.1) is 11.3 Å². The number of hydrogen-bond donors (Lipinski definition) is 1. The van der Waals surface area contributed by atoms with E-state index in [1.165, 1.54) is 0 Å². The van der Waals surface area contributed by atoms with Crippen LogP contribution in [0.3, 0.4) is 0 Å². The van der Waals surface area contributed by atoms with Crippen LogP contribution in [0.15, 0.2) is 29.5 Å². The van der Waals surface area contributed by atoms with Crippen LogP contribution in [0.4, 0.5) is 0 Å². The second-order valence-electron chi connectivity index (χ2n) is 7.87. The second kappa shape index (κ2) is 5.87. The first kappa shape index (κ1) is 16.9. The smallest absolute Gasteiger partial charge is 0.232 e. The van der Waals surface area contributed by atoms with Crippen molar-refractivity contribution in [3.63, 3.8) is 0 Å². The molecule has 1 amide bonds. The van der Waals surface area contributed by atoms with Gasteiger partial charge in [-0.15, -0.1) is 0 Å². The molecule has 0 spiro atoms. The molecule has 1 aromatic heterocycles. The van der Waals surface area contributed by atoms with Gasteiger partial charge in [0.25, 0.3) is 0 Å². The molecule has 0 aromatic carbocycles. The minimum absolute atomic E-state index is 0.0725. The first-order valence-electron chi connectivity index (χ1n) is 8.91. The van der Waals surface area contributed by atoms with Gasteiger partial charge in [0.05, 0.1) is 18.0 Å². The summed E-state index contributed by atoms with van der Waals surface area (Å²) in [6, 6.07) is 3.88. The highest BCUT2D eigenvalue weighted by molar-refractivity contribution is 5.99. The van der Waals surface area contributed by atoms with E-state index in [1.54, 1.807) is 11.1 Å². The Bertz CT molecular complexity index is 649. The number of aliphatic imine (C=N–C) groups is 1. The highest BCUT2D eigenvalue weighted by Crippen LogP contribution is 2.59. The molecule has 1 saturated carbocycles. The standard InChI is InChI=1S/C19H28N4O/c1-5-19(6-2)11-15(24)23(17(20)22-19)16(14-10-18(14,3)4)13-8-7-9-21-12-13/h7-9,12,14,16H,5-6,10-11H2,1-4H3,(H2,20,22)/t14?,16-/m0/s1. The minimum Gasteiger partial charge on any atom is -0.369 e. The number of rotatable bonds is 5. The van der Waals surface area contributed by atoms with Crippen molar-refractivity contribution < 1.29 is 4.79 Å². The van der Waals surface area contributed by atoms with Crippen LogP contribution >= 0.6 is 0 Å². The van der Waals surface area contributed by atoms with Gasteiger partial charge >= 0.3 is 0 Å². The molecule has 1 aliphatic carbocycles. The quantitative estimate of drug-likeness (QED) is 0.901. The van der Waals surface area contributed by atoms with E-state index in [2.05, 4.69) is 32.7 Å². The van der Waals surface area contributed by atoms with Crippen LogP contribution in [0.25, 0.3) is 0 Å². The van der Waals surface area contributed by atoms with Crippen LogP contribution in [0.1, 0.15) is 65.0 Å². The highest BCUT2D eigenvalue weighted by Gasteiger charge is 2.55. The summed E-state index contributed by atoms with van der Waals surface area (Å²) in [5.74, 6) is 0.837. The molecule has 0 bridgehead atoms. The van der Waals surface area contributed by atoms with Gasteiger partial charge in [-0.25, -0.2) is 4.99 Å². The van der Waals surface area contributed by atoms with Crippen LogP contribution < -0.4 is 5.73 Å². The maximum Gasteiger partial charge on any atom is 0.232 e. The predicted octanol–water partition coefficient (Wildman–Crippen LogP) is 3.27. The summed E-state index contributed by atoms with van der Waals surface area (Å²) >= 11 is 0. The van der Waals surface area contributed by atoms with E-state index in [9.17, 15) is 4.79 Å². The Balaban J connectivity index is 2.01. The molecule has 2 heterocycles. The lowest BCUT2D eigenvalue weighted by Crippen LogP contribution is -2.53. The summed E-state index contributed by atoms with van der Waals surface area (Å²) in [6.07, 6.45) is 6.78. The van der Waals surface area contributed by atoms with Crippen molar-refractivity contribution in [2.24, 2.45) is 22.1 Å². The van der Waals surface area contributed by atoms with Gasteiger partial charge in [-0.1, -0.05) is 33.8 Å². The third kappa shape index (κ3) is 2.80. The van der Waals surface area contributed by atoms with Gasteiger partial charge in [-0.3, -0.25) is 14.7 Å². The fraction of sp³-hybridized carbons (Fsp3) is 0.632. The molecule has 2 atom stereocenters. The van der Waals surface area contributed by atoms with Gasteiger partial charge in [0.15, 0.2) is 5.96 Å². The van der Waals surface area contributed by atoms with Gasteiger partial charge in [-0.2, -0.15) is 0 Å². The monoisotopic (exact) mass is 328 g/mol. The zero-order chi connectivity index (χ0) is 17.5.